The van der Waals surface area contributed by atoms with Crippen LogP contribution >= 0.6 is 0 Å². The first-order valence-corrected chi connectivity index (χ1v) is 11.4. The van der Waals surface area contributed by atoms with E-state index in [2.05, 4.69) is 9.88 Å². The van der Waals surface area contributed by atoms with Gasteiger partial charge in [-0.3, -0.25) is 4.90 Å². The maximum absolute atomic E-state index is 12.8. The zero-order valence-corrected chi connectivity index (χ0v) is 16.2. The van der Waals surface area contributed by atoms with Crippen molar-refractivity contribution in [2.75, 3.05) is 24.6 Å². The third kappa shape index (κ3) is 3.75. The molecule has 27 heavy (non-hydrogen) atoms. The topological polar surface area (TPSA) is 50.3 Å². The molecule has 2 saturated heterocycles. The highest BCUT2D eigenvalue weighted by Gasteiger charge is 2.53. The molecule has 4 rings (SSSR count). The van der Waals surface area contributed by atoms with Crippen molar-refractivity contribution < 1.29 is 21.6 Å². The van der Waals surface area contributed by atoms with Crippen LogP contribution in [0, 0.1) is 12.3 Å². The minimum Gasteiger partial charge on any atom is -0.300 e. The Labute approximate surface area is 158 Å². The van der Waals surface area contributed by atoms with Crippen LogP contribution in [0.25, 0.3) is 0 Å². The van der Waals surface area contributed by atoms with Gasteiger partial charge in [-0.05, 0) is 63.1 Å². The monoisotopic (exact) mass is 402 g/mol. The first-order valence-electron chi connectivity index (χ1n) is 9.56. The highest BCUT2D eigenvalue weighted by molar-refractivity contribution is 7.92. The van der Waals surface area contributed by atoms with Crippen LogP contribution in [-0.4, -0.2) is 48.9 Å². The fourth-order valence-corrected chi connectivity index (χ4v) is 7.57. The highest BCUT2D eigenvalue weighted by Crippen LogP contribution is 2.44. The van der Waals surface area contributed by atoms with Crippen LogP contribution in [0.3, 0.4) is 0 Å². The van der Waals surface area contributed by atoms with Gasteiger partial charge in [-0.25, -0.2) is 13.4 Å². The number of hydrogen-bond acceptors (Lipinski definition) is 4. The molecular weight excluding hydrogens is 377 g/mol. The molecule has 0 radical (unpaired) electrons. The van der Waals surface area contributed by atoms with E-state index in [-0.39, 0.29) is 11.3 Å². The van der Waals surface area contributed by atoms with Crippen molar-refractivity contribution in [3.05, 3.63) is 29.1 Å². The number of likely N-dealkylation sites (tertiary alicyclic amines) is 1. The number of pyridine rings is 1. The summed E-state index contributed by atoms with van der Waals surface area (Å²) in [6.45, 7) is 3.51. The van der Waals surface area contributed by atoms with Crippen molar-refractivity contribution in [1.29, 1.82) is 0 Å². The number of aromatic nitrogens is 1. The molecule has 150 valence electrons. The van der Waals surface area contributed by atoms with Gasteiger partial charge in [0.25, 0.3) is 0 Å². The van der Waals surface area contributed by atoms with Gasteiger partial charge in [-0.15, -0.1) is 0 Å². The Balaban J connectivity index is 1.36. The van der Waals surface area contributed by atoms with Gasteiger partial charge in [0.05, 0.1) is 11.5 Å². The zero-order chi connectivity index (χ0) is 19.4. The third-order valence-electron chi connectivity index (χ3n) is 6.59. The van der Waals surface area contributed by atoms with Gasteiger partial charge in [0, 0.05) is 23.7 Å². The Hall–Kier alpha value is -1.15. The van der Waals surface area contributed by atoms with Gasteiger partial charge >= 0.3 is 6.18 Å². The number of alkyl halides is 3. The number of aryl methyl sites for hydroxylation is 1. The van der Waals surface area contributed by atoms with Crippen LogP contribution in [-0.2, 0) is 16.0 Å². The van der Waals surface area contributed by atoms with E-state index in [0.29, 0.717) is 23.2 Å². The van der Waals surface area contributed by atoms with E-state index >= 15 is 0 Å². The van der Waals surface area contributed by atoms with E-state index < -0.39 is 21.7 Å². The maximum Gasteiger partial charge on any atom is 0.433 e. The van der Waals surface area contributed by atoms with E-state index in [0.717, 1.165) is 56.8 Å². The predicted octanol–water partition coefficient (Wildman–Crippen LogP) is 3.56. The van der Waals surface area contributed by atoms with Crippen LogP contribution < -0.4 is 0 Å². The number of hydrogen-bond donors (Lipinski definition) is 0. The van der Waals surface area contributed by atoms with Crippen molar-refractivity contribution in [2.24, 2.45) is 5.41 Å². The summed E-state index contributed by atoms with van der Waals surface area (Å²) in [6.07, 6.45) is 0.471. The van der Waals surface area contributed by atoms with Gasteiger partial charge in [0.15, 0.2) is 9.84 Å². The predicted molar refractivity (Wildman–Crippen MR) is 96.2 cm³/mol. The van der Waals surface area contributed by atoms with Crippen LogP contribution in [0.2, 0.25) is 0 Å². The van der Waals surface area contributed by atoms with Crippen molar-refractivity contribution in [3.63, 3.8) is 0 Å². The van der Waals surface area contributed by atoms with E-state index in [1.54, 1.807) is 13.0 Å². The van der Waals surface area contributed by atoms with Crippen molar-refractivity contribution in [1.82, 2.24) is 9.88 Å². The summed E-state index contributed by atoms with van der Waals surface area (Å²) in [7, 11) is -2.80. The largest absolute Gasteiger partial charge is 0.433 e. The average molecular weight is 402 g/mol. The van der Waals surface area contributed by atoms with Gasteiger partial charge in [0.1, 0.15) is 5.69 Å². The molecule has 0 amide bonds. The second-order valence-electron chi connectivity index (χ2n) is 8.63. The number of sulfone groups is 1. The van der Waals surface area contributed by atoms with Crippen molar-refractivity contribution in [2.45, 2.75) is 57.2 Å². The Morgan fingerprint density at radius 3 is 2.37 bits per heavy atom. The lowest BCUT2D eigenvalue weighted by molar-refractivity contribution is -0.141. The van der Waals surface area contributed by atoms with Crippen LogP contribution in [0.15, 0.2) is 12.1 Å². The molecule has 0 unspecified atom stereocenters. The molecule has 0 bridgehead atoms. The normalized spacial score (nSPS) is 30.4. The minimum atomic E-state index is -4.40. The first-order chi connectivity index (χ1) is 12.6. The third-order valence-corrected chi connectivity index (χ3v) is 8.69. The summed E-state index contributed by atoms with van der Waals surface area (Å²) in [6, 6.07) is 3.15. The van der Waals surface area contributed by atoms with Crippen molar-refractivity contribution >= 4 is 9.84 Å². The second kappa shape index (κ2) is 6.44. The Morgan fingerprint density at radius 1 is 1.15 bits per heavy atom. The Kier molecular flexibility index (Phi) is 4.57. The van der Waals surface area contributed by atoms with Gasteiger partial charge in [-0.2, -0.15) is 13.2 Å². The molecular formula is C19H25F3N2O2S. The lowest BCUT2D eigenvalue weighted by Gasteiger charge is -2.40. The van der Waals surface area contributed by atoms with E-state index in [1.165, 1.54) is 0 Å². The molecule has 1 aromatic heterocycles. The molecule has 0 N–H and O–H groups in total. The van der Waals surface area contributed by atoms with E-state index in [4.69, 9.17) is 0 Å². The molecule has 4 nitrogen and oxygen atoms in total. The molecule has 1 saturated carbocycles. The van der Waals surface area contributed by atoms with Crippen LogP contribution in [0.5, 0.6) is 0 Å². The van der Waals surface area contributed by atoms with Crippen LogP contribution in [0.1, 0.15) is 55.0 Å². The minimum absolute atomic E-state index is 0.0103. The van der Waals surface area contributed by atoms with Gasteiger partial charge < -0.3 is 0 Å². The molecule has 3 aliphatic rings. The second-order valence-corrected chi connectivity index (χ2v) is 10.7. The Bertz CT molecular complexity index is 818. The summed E-state index contributed by atoms with van der Waals surface area (Å²) in [5.74, 6) is 0.932. The van der Waals surface area contributed by atoms with Gasteiger partial charge in [0.2, 0.25) is 0 Å². The summed E-state index contributed by atoms with van der Waals surface area (Å²) < 4.78 is 61.5. The lowest BCUT2D eigenvalue weighted by Crippen LogP contribution is -2.51. The average Bonchev–Trinajstić information content (AvgIpc) is 2.97. The molecule has 0 aromatic carbocycles. The molecule has 3 fully saturated rings. The van der Waals surface area contributed by atoms with Crippen molar-refractivity contribution in [3.8, 4) is 0 Å². The van der Waals surface area contributed by atoms with E-state index in [1.807, 2.05) is 0 Å². The lowest BCUT2D eigenvalue weighted by atomic mass is 9.80. The fourth-order valence-electron chi connectivity index (χ4n) is 5.32. The fraction of sp³-hybridized carbons (Fsp3) is 0.737. The SMILES string of the molecule is Cc1nc(C(F)(F)F)ccc1[C@H]1CC[C@@H](N2CCC3(C2)CS(=O)(=O)C3)CC1. The summed E-state index contributed by atoms with van der Waals surface area (Å²) in [5, 5.41) is 0. The molecule has 8 heteroatoms. The molecule has 1 aromatic rings. The Morgan fingerprint density at radius 2 is 1.81 bits per heavy atom. The first kappa shape index (κ1) is 19.2. The standard InChI is InChI=1S/C19H25F3N2O2S/c1-13-16(6-7-17(23-13)19(20,21)22)14-2-4-15(5-3-14)24-9-8-18(10-24)11-27(25,26)12-18/h6-7,14-15H,2-5,8-12H2,1H3/t14-,15+. The summed E-state index contributed by atoms with van der Waals surface area (Å²) >= 11 is 0. The zero-order valence-electron chi connectivity index (χ0n) is 15.4. The maximum atomic E-state index is 12.8. The van der Waals surface area contributed by atoms with Gasteiger partial charge in [-0.1, -0.05) is 6.07 Å². The quantitative estimate of drug-likeness (QED) is 0.759. The number of nitrogens with zero attached hydrogens (tertiary/aromatic N) is 2. The van der Waals surface area contributed by atoms with Crippen LogP contribution in [0.4, 0.5) is 13.2 Å². The summed E-state index contributed by atoms with van der Waals surface area (Å²) in [5.41, 5.74) is 0.580. The molecule has 3 heterocycles. The molecule has 0 atom stereocenters. The van der Waals surface area contributed by atoms with E-state index in [9.17, 15) is 21.6 Å². The number of rotatable bonds is 2. The number of halogens is 3. The molecule has 1 aliphatic carbocycles. The molecule has 2 aliphatic heterocycles. The summed E-state index contributed by atoms with van der Waals surface area (Å²) in [4.78, 5) is 6.22. The molecule has 1 spiro atoms. The smallest absolute Gasteiger partial charge is 0.300 e. The highest BCUT2D eigenvalue weighted by atomic mass is 32.2.